The largest absolute Gasteiger partial charge is 0.313 e. The second-order valence-corrected chi connectivity index (χ2v) is 3.85. The molecule has 0 heterocycles. The van der Waals surface area contributed by atoms with Crippen LogP contribution in [0.2, 0.25) is 0 Å². The first kappa shape index (κ1) is 11.8. The lowest BCUT2D eigenvalue weighted by atomic mass is 10.0. The zero-order valence-corrected chi connectivity index (χ0v) is 9.64. The van der Waals surface area contributed by atoms with Crippen LogP contribution in [0.3, 0.4) is 0 Å². The Morgan fingerprint density at radius 2 is 1.93 bits per heavy atom. The van der Waals surface area contributed by atoms with Gasteiger partial charge in [-0.3, -0.25) is 0 Å². The number of nitrogens with one attached hydrogen (secondary N) is 1. The Kier molecular flexibility index (Phi) is 4.93. The maximum atomic E-state index is 5.19. The first-order valence-electron chi connectivity index (χ1n) is 5.45. The van der Waals surface area contributed by atoms with Crippen LogP contribution in [0.1, 0.15) is 29.5 Å². The van der Waals surface area contributed by atoms with Gasteiger partial charge >= 0.3 is 0 Å². The molecular weight excluding hydrogens is 182 g/mol. The topological polar surface area (TPSA) is 12.0 Å². The summed E-state index contributed by atoms with van der Waals surface area (Å²) in [5.41, 5.74) is 4.14. The van der Waals surface area contributed by atoms with E-state index in [1.165, 1.54) is 16.7 Å². The maximum Gasteiger partial charge on any atom is 0.0210 e. The summed E-state index contributed by atoms with van der Waals surface area (Å²) < 4.78 is 0. The van der Waals surface area contributed by atoms with Crippen molar-refractivity contribution in [2.24, 2.45) is 0 Å². The van der Waals surface area contributed by atoms with Crippen molar-refractivity contribution < 1.29 is 0 Å². The van der Waals surface area contributed by atoms with Gasteiger partial charge in [-0.25, -0.2) is 0 Å². The van der Waals surface area contributed by atoms with Crippen molar-refractivity contribution >= 4 is 0 Å². The van der Waals surface area contributed by atoms with Crippen LogP contribution in [0.4, 0.5) is 0 Å². The van der Waals surface area contributed by atoms with E-state index in [1.54, 1.807) is 0 Å². The van der Waals surface area contributed by atoms with E-state index in [2.05, 4.69) is 43.3 Å². The first-order valence-corrected chi connectivity index (χ1v) is 5.45. The second-order valence-electron chi connectivity index (χ2n) is 3.85. The normalized spacial score (nSPS) is 9.93. The summed E-state index contributed by atoms with van der Waals surface area (Å²) in [6.07, 6.45) is 7.11. The van der Waals surface area contributed by atoms with Crippen molar-refractivity contribution in [3.05, 3.63) is 34.9 Å². The van der Waals surface area contributed by atoms with E-state index in [4.69, 9.17) is 6.42 Å². The monoisotopic (exact) mass is 201 g/mol. The highest BCUT2D eigenvalue weighted by molar-refractivity contribution is 5.33. The lowest BCUT2D eigenvalue weighted by molar-refractivity contribution is 0.655. The number of benzene rings is 1. The number of rotatable bonds is 5. The molecule has 0 aliphatic rings. The Labute approximate surface area is 92.9 Å². The van der Waals surface area contributed by atoms with Crippen LogP contribution in [-0.2, 0) is 6.54 Å². The zero-order chi connectivity index (χ0) is 11.1. The number of unbranched alkanes of at least 4 members (excludes halogenated alkanes) is 1. The van der Waals surface area contributed by atoms with E-state index in [1.807, 2.05) is 0 Å². The standard InChI is InChI=1S/C14H19N/c1-4-5-6-10-15-11-14-12(2)8-7-9-13(14)3/h1,7-9,15H,5-6,10-11H2,2-3H3. The molecule has 0 aromatic heterocycles. The summed E-state index contributed by atoms with van der Waals surface area (Å²) in [7, 11) is 0. The van der Waals surface area contributed by atoms with Crippen molar-refractivity contribution in [2.45, 2.75) is 33.2 Å². The summed E-state index contributed by atoms with van der Waals surface area (Å²) in [5.74, 6) is 2.65. The highest BCUT2D eigenvalue weighted by Gasteiger charge is 2.00. The summed E-state index contributed by atoms with van der Waals surface area (Å²) in [5, 5.41) is 3.42. The van der Waals surface area contributed by atoms with E-state index < -0.39 is 0 Å². The van der Waals surface area contributed by atoms with Crippen LogP contribution >= 0.6 is 0 Å². The van der Waals surface area contributed by atoms with Crippen molar-refractivity contribution in [3.8, 4) is 12.3 Å². The van der Waals surface area contributed by atoms with E-state index in [9.17, 15) is 0 Å². The van der Waals surface area contributed by atoms with Gasteiger partial charge in [-0.1, -0.05) is 18.2 Å². The predicted molar refractivity (Wildman–Crippen MR) is 65.7 cm³/mol. The summed E-state index contributed by atoms with van der Waals surface area (Å²) >= 11 is 0. The van der Waals surface area contributed by atoms with Crippen LogP contribution in [0.25, 0.3) is 0 Å². The number of terminal acetylenes is 1. The molecule has 1 rings (SSSR count). The highest BCUT2D eigenvalue weighted by Crippen LogP contribution is 2.12. The second kappa shape index (κ2) is 6.27. The Morgan fingerprint density at radius 3 is 2.53 bits per heavy atom. The molecule has 0 saturated heterocycles. The van der Waals surface area contributed by atoms with Gasteiger partial charge in [0, 0.05) is 13.0 Å². The van der Waals surface area contributed by atoms with Gasteiger partial charge in [0.05, 0.1) is 0 Å². The molecule has 0 fully saturated rings. The van der Waals surface area contributed by atoms with Crippen molar-refractivity contribution in [2.75, 3.05) is 6.54 Å². The average molecular weight is 201 g/mol. The van der Waals surface area contributed by atoms with Gasteiger partial charge in [-0.05, 0) is 43.5 Å². The van der Waals surface area contributed by atoms with Crippen molar-refractivity contribution in [1.82, 2.24) is 5.32 Å². The minimum absolute atomic E-state index is 0.861. The molecule has 0 aliphatic heterocycles. The Morgan fingerprint density at radius 1 is 1.27 bits per heavy atom. The number of hydrogen-bond acceptors (Lipinski definition) is 1. The van der Waals surface area contributed by atoms with Crippen LogP contribution in [-0.4, -0.2) is 6.54 Å². The summed E-state index contributed by atoms with van der Waals surface area (Å²) in [4.78, 5) is 0. The Hall–Kier alpha value is -1.26. The Bertz CT molecular complexity index is 327. The van der Waals surface area contributed by atoms with E-state index in [-0.39, 0.29) is 0 Å². The van der Waals surface area contributed by atoms with Gasteiger partial charge in [-0.2, -0.15) is 0 Å². The third kappa shape index (κ3) is 3.77. The molecule has 0 amide bonds. The van der Waals surface area contributed by atoms with Gasteiger partial charge < -0.3 is 5.32 Å². The molecule has 0 radical (unpaired) electrons. The molecule has 0 bridgehead atoms. The molecule has 80 valence electrons. The molecule has 0 unspecified atom stereocenters. The first-order chi connectivity index (χ1) is 7.25. The molecule has 0 saturated carbocycles. The van der Waals surface area contributed by atoms with Gasteiger partial charge in [0.1, 0.15) is 0 Å². The van der Waals surface area contributed by atoms with Crippen LogP contribution in [0.5, 0.6) is 0 Å². The molecule has 1 aromatic carbocycles. The minimum Gasteiger partial charge on any atom is -0.313 e. The van der Waals surface area contributed by atoms with E-state index in [0.29, 0.717) is 0 Å². The molecule has 0 spiro atoms. The average Bonchev–Trinajstić information content (AvgIpc) is 2.21. The predicted octanol–water partition coefficient (Wildman–Crippen LogP) is 2.81. The molecule has 1 aromatic rings. The third-order valence-electron chi connectivity index (χ3n) is 2.62. The molecule has 0 atom stereocenters. The highest BCUT2D eigenvalue weighted by atomic mass is 14.8. The number of hydrogen-bond donors (Lipinski definition) is 1. The fourth-order valence-corrected chi connectivity index (χ4v) is 1.66. The fraction of sp³-hybridized carbons (Fsp3) is 0.429. The van der Waals surface area contributed by atoms with Gasteiger partial charge in [0.2, 0.25) is 0 Å². The van der Waals surface area contributed by atoms with Crippen molar-refractivity contribution in [3.63, 3.8) is 0 Å². The molecular formula is C14H19N. The zero-order valence-electron chi connectivity index (χ0n) is 9.64. The summed E-state index contributed by atoms with van der Waals surface area (Å²) in [6, 6.07) is 6.42. The third-order valence-corrected chi connectivity index (χ3v) is 2.62. The lowest BCUT2D eigenvalue weighted by Crippen LogP contribution is -2.16. The minimum atomic E-state index is 0.861. The van der Waals surface area contributed by atoms with E-state index >= 15 is 0 Å². The van der Waals surface area contributed by atoms with Gasteiger partial charge in [-0.15, -0.1) is 12.3 Å². The lowest BCUT2D eigenvalue weighted by Gasteiger charge is -2.10. The fourth-order valence-electron chi connectivity index (χ4n) is 1.66. The molecule has 1 heteroatoms. The van der Waals surface area contributed by atoms with Crippen LogP contribution in [0, 0.1) is 26.2 Å². The van der Waals surface area contributed by atoms with Crippen molar-refractivity contribution in [1.29, 1.82) is 0 Å². The van der Waals surface area contributed by atoms with Crippen LogP contribution in [0.15, 0.2) is 18.2 Å². The maximum absolute atomic E-state index is 5.19. The quantitative estimate of drug-likeness (QED) is 0.570. The smallest absolute Gasteiger partial charge is 0.0210 e. The van der Waals surface area contributed by atoms with Gasteiger partial charge in [0.25, 0.3) is 0 Å². The van der Waals surface area contributed by atoms with E-state index in [0.717, 1.165) is 25.9 Å². The SMILES string of the molecule is C#CCCCNCc1c(C)cccc1C. The molecule has 0 aliphatic carbocycles. The Balaban J connectivity index is 2.41. The van der Waals surface area contributed by atoms with Crippen LogP contribution < -0.4 is 5.32 Å². The van der Waals surface area contributed by atoms with Gasteiger partial charge in [0.15, 0.2) is 0 Å². The molecule has 15 heavy (non-hydrogen) atoms. The summed E-state index contributed by atoms with van der Waals surface area (Å²) in [6.45, 7) is 6.26. The molecule has 1 nitrogen and oxygen atoms in total. The number of aryl methyl sites for hydroxylation is 2. The molecule has 1 N–H and O–H groups in total.